The van der Waals surface area contributed by atoms with Crippen LogP contribution in [0, 0.1) is 20.2 Å². The number of phenolic OH excluding ortho intramolecular Hbond substituents is 1. The van der Waals surface area contributed by atoms with E-state index in [0.29, 0.717) is 5.69 Å². The van der Waals surface area contributed by atoms with Gasteiger partial charge in [-0.25, -0.2) is 0 Å². The fourth-order valence-corrected chi connectivity index (χ4v) is 2.64. The smallest absolute Gasteiger partial charge is 0.291 e. The Balaban J connectivity index is 0.000000221. The van der Waals surface area contributed by atoms with Crippen molar-refractivity contribution in [1.82, 2.24) is 0 Å². The summed E-state index contributed by atoms with van der Waals surface area (Å²) in [7, 11) is 0. The number of hydrogen-bond acceptors (Lipinski definition) is 8. The van der Waals surface area contributed by atoms with Gasteiger partial charge in [0.05, 0.1) is 33.4 Å². The summed E-state index contributed by atoms with van der Waals surface area (Å²) in [6.45, 7) is 3.15. The van der Waals surface area contributed by atoms with Crippen LogP contribution < -0.4 is 15.8 Å². The highest BCUT2D eigenvalue weighted by Gasteiger charge is 2.36. The summed E-state index contributed by atoms with van der Waals surface area (Å²) in [5.74, 6) is -0.424. The third-order valence-corrected chi connectivity index (χ3v) is 4.30. The van der Waals surface area contributed by atoms with E-state index in [0.717, 1.165) is 12.1 Å². The van der Waals surface area contributed by atoms with E-state index in [1.807, 2.05) is 0 Å². The molecular weight excluding hydrogens is 431 g/mol. The van der Waals surface area contributed by atoms with Gasteiger partial charge in [0.1, 0.15) is 15.8 Å². The molecular formula is C16H14Cl2N4O7. The van der Waals surface area contributed by atoms with Crippen molar-refractivity contribution in [3.8, 4) is 11.5 Å². The van der Waals surface area contributed by atoms with Crippen LogP contribution in [0.3, 0.4) is 0 Å². The lowest BCUT2D eigenvalue weighted by molar-refractivity contribution is -0.384. The topological polar surface area (TPSA) is 171 Å². The minimum atomic E-state index is -1.06. The molecule has 0 atom stereocenters. The molecule has 0 radical (unpaired) electrons. The van der Waals surface area contributed by atoms with E-state index in [4.69, 9.17) is 38.8 Å². The number of rotatable bonds is 2. The molecule has 0 unspecified atom stereocenters. The first-order valence-electron chi connectivity index (χ1n) is 7.74. The van der Waals surface area contributed by atoms with Gasteiger partial charge in [0.2, 0.25) is 0 Å². The van der Waals surface area contributed by atoms with Gasteiger partial charge in [0, 0.05) is 0 Å². The molecule has 154 valence electrons. The predicted octanol–water partition coefficient (Wildman–Crippen LogP) is 3.89. The van der Waals surface area contributed by atoms with Gasteiger partial charge in [-0.15, -0.1) is 0 Å². The van der Waals surface area contributed by atoms with Gasteiger partial charge in [0.25, 0.3) is 17.3 Å². The standard InChI is InChI=1S/C10H9ClN2O4.C6H5ClN2O3/c1-10(2)9(14)12-6-3-5(11)7(13(15)16)4-8(6)17-10;7-3-1-4(8)6(10)2-5(3)9(11)12/h3-4H,1-2H3,(H,12,14);1-2,10H,8H2. The average Bonchev–Trinajstić information content (AvgIpc) is 2.59. The molecule has 0 bridgehead atoms. The Morgan fingerprint density at radius 2 is 1.59 bits per heavy atom. The minimum absolute atomic E-state index is 0.0191. The molecule has 0 saturated carbocycles. The summed E-state index contributed by atoms with van der Waals surface area (Å²) in [5.41, 5.74) is 3.92. The van der Waals surface area contributed by atoms with Crippen LogP contribution in [-0.4, -0.2) is 26.5 Å². The number of fused-ring (bicyclic) bond motifs is 1. The highest BCUT2D eigenvalue weighted by atomic mass is 35.5. The summed E-state index contributed by atoms with van der Waals surface area (Å²) in [5, 5.41) is 32.4. The number of carbonyl (C=O) groups is 1. The fourth-order valence-electron chi connectivity index (χ4n) is 2.16. The van der Waals surface area contributed by atoms with Crippen LogP contribution in [0.1, 0.15) is 13.8 Å². The number of carbonyl (C=O) groups excluding carboxylic acids is 1. The average molecular weight is 445 g/mol. The van der Waals surface area contributed by atoms with Gasteiger partial charge in [-0.2, -0.15) is 0 Å². The second-order valence-corrected chi connectivity index (χ2v) is 7.06. The Bertz CT molecular complexity index is 1030. The third kappa shape index (κ3) is 4.76. The molecule has 3 rings (SSSR count). The predicted molar refractivity (Wildman–Crippen MR) is 106 cm³/mol. The number of nitro benzene ring substituents is 2. The van der Waals surface area contributed by atoms with Crippen molar-refractivity contribution in [3.05, 3.63) is 54.5 Å². The lowest BCUT2D eigenvalue weighted by Gasteiger charge is -2.31. The maximum Gasteiger partial charge on any atom is 0.291 e. The number of nitro groups is 2. The minimum Gasteiger partial charge on any atom is -0.506 e. The van der Waals surface area contributed by atoms with Gasteiger partial charge >= 0.3 is 0 Å². The number of nitrogens with two attached hydrogens (primary N) is 1. The van der Waals surface area contributed by atoms with Crippen LogP contribution in [0.5, 0.6) is 11.5 Å². The van der Waals surface area contributed by atoms with E-state index in [2.05, 4.69) is 5.32 Å². The summed E-state index contributed by atoms with van der Waals surface area (Å²) < 4.78 is 5.40. The third-order valence-electron chi connectivity index (χ3n) is 3.70. The number of phenols is 1. The molecule has 2 aromatic carbocycles. The molecule has 0 aliphatic carbocycles. The largest absolute Gasteiger partial charge is 0.506 e. The Labute approximate surface area is 173 Å². The molecule has 4 N–H and O–H groups in total. The number of halogens is 2. The van der Waals surface area contributed by atoms with E-state index < -0.39 is 15.4 Å². The number of aromatic hydroxyl groups is 1. The SMILES string of the molecule is CC1(C)Oc2cc([N+](=O)[O-])c(Cl)cc2NC1=O.Nc1cc(Cl)c([N+](=O)[O-])cc1O. The zero-order chi connectivity index (χ0) is 22.1. The van der Waals surface area contributed by atoms with Crippen molar-refractivity contribution in [2.45, 2.75) is 19.4 Å². The molecule has 0 aromatic heterocycles. The number of amides is 1. The Kier molecular flexibility index (Phi) is 6.04. The summed E-state index contributed by atoms with van der Waals surface area (Å²) >= 11 is 11.2. The lowest BCUT2D eigenvalue weighted by atomic mass is 10.1. The van der Waals surface area contributed by atoms with E-state index >= 15 is 0 Å². The normalized spacial score (nSPS) is 13.9. The second kappa shape index (κ2) is 7.97. The molecule has 1 amide bonds. The van der Waals surface area contributed by atoms with Gasteiger partial charge in [0.15, 0.2) is 11.4 Å². The highest BCUT2D eigenvalue weighted by Crippen LogP contribution is 2.40. The fraction of sp³-hybridized carbons (Fsp3) is 0.188. The quantitative estimate of drug-likeness (QED) is 0.270. The van der Waals surface area contributed by atoms with E-state index in [-0.39, 0.29) is 44.5 Å². The van der Waals surface area contributed by atoms with Crippen molar-refractivity contribution in [3.63, 3.8) is 0 Å². The zero-order valence-electron chi connectivity index (χ0n) is 14.9. The zero-order valence-corrected chi connectivity index (χ0v) is 16.4. The van der Waals surface area contributed by atoms with Gasteiger partial charge < -0.3 is 20.9 Å². The first-order valence-corrected chi connectivity index (χ1v) is 8.50. The monoisotopic (exact) mass is 444 g/mol. The van der Waals surface area contributed by atoms with Crippen LogP contribution in [0.15, 0.2) is 24.3 Å². The molecule has 1 aliphatic heterocycles. The molecule has 1 heterocycles. The van der Waals surface area contributed by atoms with E-state index in [1.54, 1.807) is 13.8 Å². The van der Waals surface area contributed by atoms with Crippen LogP contribution in [0.2, 0.25) is 10.0 Å². The van der Waals surface area contributed by atoms with Gasteiger partial charge in [-0.1, -0.05) is 23.2 Å². The van der Waals surface area contributed by atoms with Crippen molar-refractivity contribution in [2.24, 2.45) is 0 Å². The molecule has 13 heteroatoms. The first-order chi connectivity index (χ1) is 13.3. The van der Waals surface area contributed by atoms with Crippen molar-refractivity contribution in [1.29, 1.82) is 0 Å². The van der Waals surface area contributed by atoms with Crippen molar-refractivity contribution < 1.29 is 24.5 Å². The Morgan fingerprint density at radius 3 is 2.14 bits per heavy atom. The molecule has 0 fully saturated rings. The summed E-state index contributed by atoms with van der Waals surface area (Å²) in [6, 6.07) is 4.56. The number of nitrogens with zero attached hydrogens (tertiary/aromatic N) is 2. The first kappa shape index (κ1) is 22.0. The van der Waals surface area contributed by atoms with Crippen LogP contribution >= 0.6 is 23.2 Å². The van der Waals surface area contributed by atoms with Crippen LogP contribution in [-0.2, 0) is 4.79 Å². The number of nitrogen functional groups attached to an aromatic ring is 1. The Morgan fingerprint density at radius 1 is 1.07 bits per heavy atom. The summed E-state index contributed by atoms with van der Waals surface area (Å²) in [4.78, 5) is 31.3. The summed E-state index contributed by atoms with van der Waals surface area (Å²) in [6.07, 6.45) is 0. The number of nitrogens with one attached hydrogen (secondary N) is 1. The highest BCUT2D eigenvalue weighted by molar-refractivity contribution is 6.33. The van der Waals surface area contributed by atoms with E-state index in [9.17, 15) is 25.0 Å². The molecule has 2 aromatic rings. The molecule has 1 aliphatic rings. The van der Waals surface area contributed by atoms with Gasteiger partial charge in [-0.3, -0.25) is 25.0 Å². The molecule has 0 saturated heterocycles. The number of benzene rings is 2. The lowest BCUT2D eigenvalue weighted by Crippen LogP contribution is -2.45. The van der Waals surface area contributed by atoms with Crippen LogP contribution in [0.25, 0.3) is 0 Å². The van der Waals surface area contributed by atoms with Gasteiger partial charge in [-0.05, 0) is 26.0 Å². The van der Waals surface area contributed by atoms with Crippen LogP contribution in [0.4, 0.5) is 22.7 Å². The van der Waals surface area contributed by atoms with Crippen molar-refractivity contribution >= 4 is 51.9 Å². The number of hydrogen-bond donors (Lipinski definition) is 3. The number of ether oxygens (including phenoxy) is 1. The van der Waals surface area contributed by atoms with E-state index in [1.165, 1.54) is 12.1 Å². The van der Waals surface area contributed by atoms with Crippen molar-refractivity contribution in [2.75, 3.05) is 11.1 Å². The Hall–Kier alpha value is -3.31. The second-order valence-electron chi connectivity index (χ2n) is 6.24. The molecule has 0 spiro atoms. The maximum atomic E-state index is 11.6. The molecule has 29 heavy (non-hydrogen) atoms. The molecule has 11 nitrogen and oxygen atoms in total. The maximum absolute atomic E-state index is 11.6. The number of anilines is 2.